The SMILES string of the molecule is CNC(OC)c1ccc2c(c1)NC(=O)C(C)S2. The van der Waals surface area contributed by atoms with Gasteiger partial charge in [-0.1, -0.05) is 6.07 Å². The van der Waals surface area contributed by atoms with Crippen molar-refractivity contribution >= 4 is 23.4 Å². The molecular formula is C12H16N2O2S. The number of ether oxygens (including phenoxy) is 1. The Balaban J connectivity index is 2.31. The highest BCUT2D eigenvalue weighted by atomic mass is 32.2. The number of methoxy groups -OCH3 is 1. The van der Waals surface area contributed by atoms with Gasteiger partial charge in [0.05, 0.1) is 10.9 Å². The minimum absolute atomic E-state index is 0.0316. The quantitative estimate of drug-likeness (QED) is 0.808. The monoisotopic (exact) mass is 252 g/mol. The van der Waals surface area contributed by atoms with E-state index in [0.717, 1.165) is 16.1 Å². The third-order valence-corrected chi connectivity index (χ3v) is 3.91. The predicted octanol–water partition coefficient (Wildman–Crippen LogP) is 1.98. The predicted molar refractivity (Wildman–Crippen MR) is 69.2 cm³/mol. The number of carbonyl (C=O) groups is 1. The van der Waals surface area contributed by atoms with E-state index >= 15 is 0 Å². The second-order valence-electron chi connectivity index (χ2n) is 3.91. The zero-order valence-corrected chi connectivity index (χ0v) is 10.9. The Bertz CT molecular complexity index is 433. The highest BCUT2D eigenvalue weighted by Crippen LogP contribution is 2.36. The minimum Gasteiger partial charge on any atom is -0.362 e. The first-order valence-corrected chi connectivity index (χ1v) is 6.35. The maximum Gasteiger partial charge on any atom is 0.237 e. The van der Waals surface area contributed by atoms with Gasteiger partial charge in [-0.2, -0.15) is 0 Å². The van der Waals surface area contributed by atoms with Gasteiger partial charge in [0.15, 0.2) is 0 Å². The molecule has 2 rings (SSSR count). The number of thioether (sulfide) groups is 1. The van der Waals surface area contributed by atoms with E-state index < -0.39 is 0 Å². The van der Waals surface area contributed by atoms with E-state index in [9.17, 15) is 4.79 Å². The highest BCUT2D eigenvalue weighted by molar-refractivity contribution is 8.00. The number of benzene rings is 1. The van der Waals surface area contributed by atoms with Crippen LogP contribution in [0.15, 0.2) is 23.1 Å². The Kier molecular flexibility index (Phi) is 3.71. The van der Waals surface area contributed by atoms with Crippen LogP contribution in [0.2, 0.25) is 0 Å². The van der Waals surface area contributed by atoms with Crippen LogP contribution in [0.1, 0.15) is 18.7 Å². The largest absolute Gasteiger partial charge is 0.362 e. The van der Waals surface area contributed by atoms with Crippen LogP contribution < -0.4 is 10.6 Å². The summed E-state index contributed by atoms with van der Waals surface area (Å²) in [7, 11) is 3.49. The normalized spacial score (nSPS) is 20.6. The summed E-state index contributed by atoms with van der Waals surface area (Å²) >= 11 is 1.58. The van der Waals surface area contributed by atoms with Crippen molar-refractivity contribution in [2.24, 2.45) is 0 Å². The van der Waals surface area contributed by atoms with Gasteiger partial charge in [0.25, 0.3) is 0 Å². The average Bonchev–Trinajstić information content (AvgIpc) is 2.32. The molecule has 2 N–H and O–H groups in total. The number of hydrogen-bond acceptors (Lipinski definition) is 4. The number of nitrogens with one attached hydrogen (secondary N) is 2. The summed E-state index contributed by atoms with van der Waals surface area (Å²) in [5.41, 5.74) is 1.87. The van der Waals surface area contributed by atoms with Gasteiger partial charge in [-0.05, 0) is 31.7 Å². The van der Waals surface area contributed by atoms with Crippen LogP contribution in [0, 0.1) is 0 Å². The Morgan fingerprint density at radius 2 is 2.29 bits per heavy atom. The zero-order chi connectivity index (χ0) is 12.4. The molecular weight excluding hydrogens is 236 g/mol. The summed E-state index contributed by atoms with van der Waals surface area (Å²) in [5, 5.41) is 5.93. The third kappa shape index (κ3) is 2.46. The summed E-state index contributed by atoms with van der Waals surface area (Å²) in [5.74, 6) is 0.0538. The second-order valence-corrected chi connectivity index (χ2v) is 5.29. The Hall–Kier alpha value is -1.04. The molecule has 2 unspecified atom stereocenters. The van der Waals surface area contributed by atoms with Crippen molar-refractivity contribution in [1.82, 2.24) is 5.32 Å². The Morgan fingerprint density at radius 3 is 2.94 bits per heavy atom. The summed E-state index contributed by atoms with van der Waals surface area (Å²) in [6, 6.07) is 5.99. The fraction of sp³-hybridized carbons (Fsp3) is 0.417. The van der Waals surface area contributed by atoms with Gasteiger partial charge in [0, 0.05) is 12.0 Å². The number of rotatable bonds is 3. The number of hydrogen-bond donors (Lipinski definition) is 2. The molecule has 4 nitrogen and oxygen atoms in total. The van der Waals surface area contributed by atoms with Crippen molar-refractivity contribution < 1.29 is 9.53 Å². The molecule has 0 saturated carbocycles. The first-order chi connectivity index (χ1) is 8.15. The first-order valence-electron chi connectivity index (χ1n) is 5.47. The topological polar surface area (TPSA) is 50.4 Å². The van der Waals surface area contributed by atoms with Crippen molar-refractivity contribution in [3.63, 3.8) is 0 Å². The standard InChI is InChI=1S/C12H16N2O2S/c1-7-11(15)14-9-6-8(12(13-2)16-3)4-5-10(9)17-7/h4-7,12-13H,1-3H3,(H,14,15). The molecule has 0 spiro atoms. The van der Waals surface area contributed by atoms with Crippen LogP contribution in [0.3, 0.4) is 0 Å². The highest BCUT2D eigenvalue weighted by Gasteiger charge is 2.23. The summed E-state index contributed by atoms with van der Waals surface area (Å²) in [6.45, 7) is 1.91. The van der Waals surface area contributed by atoms with Crippen LogP contribution in [0.4, 0.5) is 5.69 Å². The van der Waals surface area contributed by atoms with E-state index in [0.29, 0.717) is 0 Å². The van der Waals surface area contributed by atoms with Gasteiger partial charge < -0.3 is 10.1 Å². The summed E-state index contributed by atoms with van der Waals surface area (Å²) < 4.78 is 5.29. The number of amides is 1. The first kappa shape index (κ1) is 12.4. The molecule has 2 atom stereocenters. The molecule has 0 radical (unpaired) electrons. The molecule has 0 fully saturated rings. The van der Waals surface area contributed by atoms with Gasteiger partial charge in [0.1, 0.15) is 6.23 Å². The van der Waals surface area contributed by atoms with Crippen LogP contribution >= 0.6 is 11.8 Å². The van der Waals surface area contributed by atoms with Crippen LogP contribution in [-0.2, 0) is 9.53 Å². The van der Waals surface area contributed by atoms with Crippen LogP contribution in [0.25, 0.3) is 0 Å². The molecule has 0 saturated heterocycles. The Morgan fingerprint density at radius 1 is 1.53 bits per heavy atom. The zero-order valence-electron chi connectivity index (χ0n) is 10.1. The maximum absolute atomic E-state index is 11.6. The third-order valence-electron chi connectivity index (χ3n) is 2.74. The van der Waals surface area contributed by atoms with Crippen molar-refractivity contribution in [3.8, 4) is 0 Å². The average molecular weight is 252 g/mol. The minimum atomic E-state index is -0.151. The van der Waals surface area contributed by atoms with Gasteiger partial charge in [-0.25, -0.2) is 0 Å². The van der Waals surface area contributed by atoms with E-state index in [1.165, 1.54) is 0 Å². The number of fused-ring (bicyclic) bond motifs is 1. The van der Waals surface area contributed by atoms with E-state index in [4.69, 9.17) is 4.74 Å². The molecule has 1 amide bonds. The van der Waals surface area contributed by atoms with Crippen molar-refractivity contribution in [2.45, 2.75) is 23.3 Å². The smallest absolute Gasteiger partial charge is 0.237 e. The van der Waals surface area contributed by atoms with Gasteiger partial charge in [-0.15, -0.1) is 11.8 Å². The lowest BCUT2D eigenvalue weighted by molar-refractivity contribution is -0.115. The molecule has 1 aliphatic heterocycles. The molecule has 1 aromatic rings. The molecule has 1 aliphatic rings. The fourth-order valence-corrected chi connectivity index (χ4v) is 2.74. The van der Waals surface area contributed by atoms with Crippen molar-refractivity contribution in [1.29, 1.82) is 0 Å². The second kappa shape index (κ2) is 5.08. The molecule has 92 valence electrons. The molecule has 0 aliphatic carbocycles. The maximum atomic E-state index is 11.6. The number of carbonyl (C=O) groups excluding carboxylic acids is 1. The summed E-state index contributed by atoms with van der Waals surface area (Å²) in [6.07, 6.45) is -0.151. The molecule has 1 heterocycles. The van der Waals surface area contributed by atoms with Gasteiger partial charge in [0.2, 0.25) is 5.91 Å². The molecule has 1 aromatic carbocycles. The lowest BCUT2D eigenvalue weighted by Crippen LogP contribution is -2.27. The van der Waals surface area contributed by atoms with Crippen molar-refractivity contribution in [2.75, 3.05) is 19.5 Å². The van der Waals surface area contributed by atoms with E-state index in [1.807, 2.05) is 32.2 Å². The lowest BCUT2D eigenvalue weighted by atomic mass is 10.1. The molecule has 0 aromatic heterocycles. The van der Waals surface area contributed by atoms with E-state index in [2.05, 4.69) is 10.6 Å². The molecule has 5 heteroatoms. The fourth-order valence-electron chi connectivity index (χ4n) is 1.81. The van der Waals surface area contributed by atoms with Gasteiger partial charge in [-0.3, -0.25) is 10.1 Å². The molecule has 17 heavy (non-hydrogen) atoms. The van der Waals surface area contributed by atoms with Gasteiger partial charge >= 0.3 is 0 Å². The summed E-state index contributed by atoms with van der Waals surface area (Å²) in [4.78, 5) is 12.7. The van der Waals surface area contributed by atoms with Crippen LogP contribution in [-0.4, -0.2) is 25.3 Å². The number of anilines is 1. The van der Waals surface area contributed by atoms with E-state index in [-0.39, 0.29) is 17.4 Å². The lowest BCUT2D eigenvalue weighted by Gasteiger charge is -2.23. The van der Waals surface area contributed by atoms with Crippen LogP contribution in [0.5, 0.6) is 0 Å². The molecule has 0 bridgehead atoms. The van der Waals surface area contributed by atoms with Crippen molar-refractivity contribution in [3.05, 3.63) is 23.8 Å². The van der Waals surface area contributed by atoms with E-state index in [1.54, 1.807) is 18.9 Å². The Labute approximate surface area is 105 Å².